The number of rotatable bonds is 6. The lowest BCUT2D eigenvalue weighted by atomic mass is 10.1. The molecular formula is C19H18N4O. The van der Waals surface area contributed by atoms with E-state index in [9.17, 15) is 4.79 Å². The van der Waals surface area contributed by atoms with Crippen molar-refractivity contribution in [2.45, 2.75) is 13.1 Å². The van der Waals surface area contributed by atoms with Gasteiger partial charge in [0.25, 0.3) is 0 Å². The van der Waals surface area contributed by atoms with Gasteiger partial charge in [-0.1, -0.05) is 54.6 Å². The maximum absolute atomic E-state index is 11.9. The van der Waals surface area contributed by atoms with E-state index in [2.05, 4.69) is 15.4 Å². The predicted molar refractivity (Wildman–Crippen MR) is 92.9 cm³/mol. The SMILES string of the molecule is O=C(/C=C/c1ccccc1)NCc1ccc(Cn2cncn2)cc1. The van der Waals surface area contributed by atoms with E-state index in [0.717, 1.165) is 16.7 Å². The molecule has 2 aromatic carbocycles. The molecule has 0 bridgehead atoms. The summed E-state index contributed by atoms with van der Waals surface area (Å²) in [6.07, 6.45) is 6.56. The molecule has 0 saturated heterocycles. The molecule has 1 heterocycles. The summed E-state index contributed by atoms with van der Waals surface area (Å²) in [5.41, 5.74) is 3.20. The first-order valence-electron chi connectivity index (χ1n) is 7.71. The molecule has 0 aliphatic rings. The number of hydrogen-bond donors (Lipinski definition) is 1. The highest BCUT2D eigenvalue weighted by atomic mass is 16.1. The molecule has 24 heavy (non-hydrogen) atoms. The summed E-state index contributed by atoms with van der Waals surface area (Å²) in [5, 5.41) is 6.96. The molecule has 1 amide bonds. The van der Waals surface area contributed by atoms with Gasteiger partial charge in [0.05, 0.1) is 6.54 Å². The topological polar surface area (TPSA) is 59.8 Å². The van der Waals surface area contributed by atoms with Crippen LogP contribution in [0.25, 0.3) is 6.08 Å². The average Bonchev–Trinajstić information content (AvgIpc) is 3.13. The normalized spacial score (nSPS) is 10.8. The number of carbonyl (C=O) groups excluding carboxylic acids is 1. The fourth-order valence-corrected chi connectivity index (χ4v) is 2.25. The van der Waals surface area contributed by atoms with Crippen molar-refractivity contribution in [1.82, 2.24) is 20.1 Å². The second-order valence-corrected chi connectivity index (χ2v) is 5.37. The number of carbonyl (C=O) groups is 1. The van der Waals surface area contributed by atoms with Crippen molar-refractivity contribution in [2.75, 3.05) is 0 Å². The summed E-state index contributed by atoms with van der Waals surface area (Å²) in [5.74, 6) is -0.106. The first-order chi connectivity index (χ1) is 11.8. The summed E-state index contributed by atoms with van der Waals surface area (Å²) in [4.78, 5) is 15.8. The van der Waals surface area contributed by atoms with Crippen LogP contribution in [-0.2, 0) is 17.9 Å². The molecule has 0 aliphatic heterocycles. The molecule has 120 valence electrons. The van der Waals surface area contributed by atoms with Crippen LogP contribution in [0.2, 0.25) is 0 Å². The maximum atomic E-state index is 11.9. The smallest absolute Gasteiger partial charge is 0.244 e. The van der Waals surface area contributed by atoms with Crippen LogP contribution in [0, 0.1) is 0 Å². The summed E-state index contributed by atoms with van der Waals surface area (Å²) in [7, 11) is 0. The van der Waals surface area contributed by atoms with Crippen molar-refractivity contribution in [3.63, 3.8) is 0 Å². The second kappa shape index (κ2) is 7.87. The summed E-state index contributed by atoms with van der Waals surface area (Å²) < 4.78 is 1.77. The van der Waals surface area contributed by atoms with Gasteiger partial charge >= 0.3 is 0 Å². The molecule has 0 saturated carbocycles. The number of amides is 1. The summed E-state index contributed by atoms with van der Waals surface area (Å²) in [6.45, 7) is 1.19. The largest absolute Gasteiger partial charge is 0.348 e. The Morgan fingerprint density at radius 1 is 1.04 bits per heavy atom. The van der Waals surface area contributed by atoms with Gasteiger partial charge in [-0.15, -0.1) is 0 Å². The minimum absolute atomic E-state index is 0.106. The Kier molecular flexibility index (Phi) is 5.14. The number of aromatic nitrogens is 3. The molecule has 0 unspecified atom stereocenters. The molecule has 5 heteroatoms. The highest BCUT2D eigenvalue weighted by molar-refractivity contribution is 5.91. The molecule has 0 spiro atoms. The van der Waals surface area contributed by atoms with E-state index in [4.69, 9.17) is 0 Å². The Bertz CT molecular complexity index is 793. The van der Waals surface area contributed by atoms with Crippen LogP contribution >= 0.6 is 0 Å². The lowest BCUT2D eigenvalue weighted by Gasteiger charge is -2.05. The Hall–Kier alpha value is -3.21. The first-order valence-corrected chi connectivity index (χ1v) is 7.71. The Labute approximate surface area is 140 Å². The van der Waals surface area contributed by atoms with E-state index in [1.54, 1.807) is 23.2 Å². The van der Waals surface area contributed by atoms with Gasteiger partial charge in [-0.25, -0.2) is 9.67 Å². The monoisotopic (exact) mass is 318 g/mol. The molecule has 3 rings (SSSR count). The fourth-order valence-electron chi connectivity index (χ4n) is 2.25. The van der Waals surface area contributed by atoms with E-state index < -0.39 is 0 Å². The van der Waals surface area contributed by atoms with Gasteiger partial charge in [0, 0.05) is 12.6 Å². The minimum Gasteiger partial charge on any atom is -0.348 e. The number of nitrogens with one attached hydrogen (secondary N) is 1. The molecule has 1 N–H and O–H groups in total. The number of benzene rings is 2. The Morgan fingerprint density at radius 2 is 1.79 bits per heavy atom. The lowest BCUT2D eigenvalue weighted by molar-refractivity contribution is -0.116. The standard InChI is InChI=1S/C19H18N4O/c24-19(11-10-16-4-2-1-3-5-16)21-12-17-6-8-18(9-7-17)13-23-15-20-14-22-23/h1-11,14-15H,12-13H2,(H,21,24)/b11-10+. The molecule has 3 aromatic rings. The average molecular weight is 318 g/mol. The Balaban J connectivity index is 1.49. The van der Waals surface area contributed by atoms with Crippen LogP contribution in [0.5, 0.6) is 0 Å². The van der Waals surface area contributed by atoms with Gasteiger partial charge in [-0.3, -0.25) is 4.79 Å². The second-order valence-electron chi connectivity index (χ2n) is 5.37. The van der Waals surface area contributed by atoms with Crippen LogP contribution in [0.4, 0.5) is 0 Å². The van der Waals surface area contributed by atoms with Crippen LogP contribution in [0.15, 0.2) is 73.3 Å². The van der Waals surface area contributed by atoms with E-state index in [1.807, 2.05) is 54.6 Å². The van der Waals surface area contributed by atoms with Gasteiger partial charge in [-0.2, -0.15) is 5.10 Å². The zero-order valence-electron chi connectivity index (χ0n) is 13.2. The van der Waals surface area contributed by atoms with Gasteiger partial charge < -0.3 is 5.32 Å². The van der Waals surface area contributed by atoms with E-state index >= 15 is 0 Å². The van der Waals surface area contributed by atoms with Crippen molar-refractivity contribution in [2.24, 2.45) is 0 Å². The number of nitrogens with zero attached hydrogens (tertiary/aromatic N) is 3. The first kappa shape index (κ1) is 15.7. The lowest BCUT2D eigenvalue weighted by Crippen LogP contribution is -2.20. The van der Waals surface area contributed by atoms with Gasteiger partial charge in [0.15, 0.2) is 0 Å². The predicted octanol–water partition coefficient (Wildman–Crippen LogP) is 2.66. The molecule has 0 aliphatic carbocycles. The van der Waals surface area contributed by atoms with Crippen molar-refractivity contribution in [1.29, 1.82) is 0 Å². The third-order valence-corrected chi connectivity index (χ3v) is 3.53. The van der Waals surface area contributed by atoms with E-state index in [-0.39, 0.29) is 5.91 Å². The molecule has 0 fully saturated rings. The maximum Gasteiger partial charge on any atom is 0.244 e. The Morgan fingerprint density at radius 3 is 2.50 bits per heavy atom. The summed E-state index contributed by atoms with van der Waals surface area (Å²) >= 11 is 0. The third kappa shape index (κ3) is 4.64. The van der Waals surface area contributed by atoms with Gasteiger partial charge in [-0.05, 0) is 22.8 Å². The van der Waals surface area contributed by atoms with E-state index in [1.165, 1.54) is 6.33 Å². The van der Waals surface area contributed by atoms with E-state index in [0.29, 0.717) is 13.1 Å². The summed E-state index contributed by atoms with van der Waals surface area (Å²) in [6, 6.07) is 17.8. The number of hydrogen-bond acceptors (Lipinski definition) is 3. The van der Waals surface area contributed by atoms with Crippen molar-refractivity contribution >= 4 is 12.0 Å². The zero-order valence-corrected chi connectivity index (χ0v) is 13.2. The highest BCUT2D eigenvalue weighted by Gasteiger charge is 1.99. The quantitative estimate of drug-likeness (QED) is 0.711. The minimum atomic E-state index is -0.106. The van der Waals surface area contributed by atoms with Crippen LogP contribution < -0.4 is 5.32 Å². The van der Waals surface area contributed by atoms with Crippen LogP contribution in [0.3, 0.4) is 0 Å². The van der Waals surface area contributed by atoms with Gasteiger partial charge in [0.2, 0.25) is 5.91 Å². The molecule has 0 atom stereocenters. The molecule has 5 nitrogen and oxygen atoms in total. The molecule has 0 radical (unpaired) electrons. The molecule has 1 aromatic heterocycles. The van der Waals surface area contributed by atoms with Crippen molar-refractivity contribution in [3.8, 4) is 0 Å². The van der Waals surface area contributed by atoms with Crippen molar-refractivity contribution < 1.29 is 4.79 Å². The van der Waals surface area contributed by atoms with Gasteiger partial charge in [0.1, 0.15) is 12.7 Å². The third-order valence-electron chi connectivity index (χ3n) is 3.53. The fraction of sp³-hybridized carbons (Fsp3) is 0.105. The molecular weight excluding hydrogens is 300 g/mol. The van der Waals surface area contributed by atoms with Crippen LogP contribution in [0.1, 0.15) is 16.7 Å². The highest BCUT2D eigenvalue weighted by Crippen LogP contribution is 2.06. The van der Waals surface area contributed by atoms with Crippen molar-refractivity contribution in [3.05, 3.63) is 90.0 Å². The van der Waals surface area contributed by atoms with Crippen LogP contribution in [-0.4, -0.2) is 20.7 Å². The zero-order chi connectivity index (χ0) is 16.6.